The largest absolute Gasteiger partial charge is 0.368 e. The predicted octanol–water partition coefficient (Wildman–Crippen LogP) is 1.75. The quantitative estimate of drug-likeness (QED) is 0.751. The number of nitrogens with two attached hydrogens (primary N) is 1. The van der Waals surface area contributed by atoms with E-state index in [9.17, 15) is 9.59 Å². The van der Waals surface area contributed by atoms with Gasteiger partial charge in [-0.15, -0.1) is 6.58 Å². The second-order valence-corrected chi connectivity index (χ2v) is 7.15. The Kier molecular flexibility index (Phi) is 3.35. The van der Waals surface area contributed by atoms with Crippen molar-refractivity contribution in [3.63, 3.8) is 0 Å². The van der Waals surface area contributed by atoms with Crippen molar-refractivity contribution in [2.45, 2.75) is 51.0 Å². The van der Waals surface area contributed by atoms with E-state index in [2.05, 4.69) is 11.9 Å². The van der Waals surface area contributed by atoms with Crippen molar-refractivity contribution in [2.24, 2.45) is 28.9 Å². The predicted molar refractivity (Wildman–Crippen MR) is 76.5 cm³/mol. The first-order valence-electron chi connectivity index (χ1n) is 7.73. The van der Waals surface area contributed by atoms with Gasteiger partial charge in [0.1, 0.15) is 6.04 Å². The van der Waals surface area contributed by atoms with Gasteiger partial charge in [0.15, 0.2) is 0 Å². The fourth-order valence-corrected chi connectivity index (χ4v) is 5.11. The van der Waals surface area contributed by atoms with E-state index >= 15 is 0 Å². The van der Waals surface area contributed by atoms with Crippen LogP contribution in [0, 0.1) is 23.2 Å². The Morgan fingerprint density at radius 1 is 1.20 bits per heavy atom. The van der Waals surface area contributed by atoms with Crippen LogP contribution in [-0.2, 0) is 9.59 Å². The lowest BCUT2D eigenvalue weighted by molar-refractivity contribution is -0.148. The lowest BCUT2D eigenvalue weighted by Crippen LogP contribution is -2.56. The first kappa shape index (κ1) is 13.7. The first-order valence-corrected chi connectivity index (χ1v) is 7.73. The number of amides is 2. The van der Waals surface area contributed by atoms with Gasteiger partial charge in [-0.05, 0) is 62.7 Å². The molecule has 4 rings (SSSR count). The molecule has 0 aromatic heterocycles. The summed E-state index contributed by atoms with van der Waals surface area (Å²) < 4.78 is 0. The molecular formula is C16H24N2O2. The molecule has 4 aliphatic carbocycles. The fraction of sp³-hybridized carbons (Fsp3) is 0.750. The molecule has 0 aliphatic heterocycles. The van der Waals surface area contributed by atoms with E-state index < -0.39 is 11.9 Å². The zero-order valence-corrected chi connectivity index (χ0v) is 11.9. The molecule has 0 heterocycles. The highest BCUT2D eigenvalue weighted by atomic mass is 16.2. The maximum absolute atomic E-state index is 12.7. The molecule has 1 atom stereocenters. The normalized spacial score (nSPS) is 39.3. The summed E-state index contributed by atoms with van der Waals surface area (Å²) in [5, 5.41) is 2.89. The molecule has 20 heavy (non-hydrogen) atoms. The van der Waals surface area contributed by atoms with Gasteiger partial charge in [-0.1, -0.05) is 6.08 Å². The minimum atomic E-state index is -0.604. The molecule has 4 saturated carbocycles. The minimum Gasteiger partial charge on any atom is -0.368 e. The second kappa shape index (κ2) is 4.90. The van der Waals surface area contributed by atoms with Crippen LogP contribution in [-0.4, -0.2) is 17.9 Å². The Bertz CT molecular complexity index is 408. The van der Waals surface area contributed by atoms with Gasteiger partial charge in [0.05, 0.1) is 0 Å². The molecule has 4 heteroatoms. The number of hydrogen-bond donors (Lipinski definition) is 2. The second-order valence-electron chi connectivity index (χ2n) is 7.15. The van der Waals surface area contributed by atoms with E-state index in [0.717, 1.165) is 37.0 Å². The molecule has 4 nitrogen and oxygen atoms in total. The van der Waals surface area contributed by atoms with Crippen molar-refractivity contribution in [2.75, 3.05) is 0 Å². The van der Waals surface area contributed by atoms with Gasteiger partial charge in [-0.3, -0.25) is 9.59 Å². The fourth-order valence-electron chi connectivity index (χ4n) is 5.11. The van der Waals surface area contributed by atoms with Gasteiger partial charge in [-0.25, -0.2) is 0 Å². The molecular weight excluding hydrogens is 252 g/mol. The summed E-state index contributed by atoms with van der Waals surface area (Å²) in [5.41, 5.74) is 5.14. The van der Waals surface area contributed by atoms with Crippen molar-refractivity contribution in [3.8, 4) is 0 Å². The lowest BCUT2D eigenvalue weighted by atomic mass is 9.49. The van der Waals surface area contributed by atoms with Crippen LogP contribution in [0.15, 0.2) is 12.7 Å². The van der Waals surface area contributed by atoms with E-state index in [4.69, 9.17) is 5.73 Å². The van der Waals surface area contributed by atoms with Gasteiger partial charge >= 0.3 is 0 Å². The molecule has 0 aromatic rings. The van der Waals surface area contributed by atoms with E-state index in [1.54, 1.807) is 6.08 Å². The highest BCUT2D eigenvalue weighted by Gasteiger charge is 2.54. The van der Waals surface area contributed by atoms with Gasteiger partial charge in [-0.2, -0.15) is 0 Å². The van der Waals surface area contributed by atoms with Crippen molar-refractivity contribution in [1.82, 2.24) is 5.32 Å². The van der Waals surface area contributed by atoms with Crippen molar-refractivity contribution in [3.05, 3.63) is 12.7 Å². The third-order valence-electron chi connectivity index (χ3n) is 5.57. The minimum absolute atomic E-state index is 0.0576. The zero-order valence-electron chi connectivity index (χ0n) is 11.9. The monoisotopic (exact) mass is 276 g/mol. The summed E-state index contributed by atoms with van der Waals surface area (Å²) in [4.78, 5) is 24.1. The Labute approximate surface area is 120 Å². The van der Waals surface area contributed by atoms with E-state index in [0.29, 0.717) is 6.42 Å². The molecule has 0 radical (unpaired) electrons. The Hall–Kier alpha value is -1.32. The van der Waals surface area contributed by atoms with Crippen LogP contribution in [0.1, 0.15) is 44.9 Å². The van der Waals surface area contributed by atoms with Crippen molar-refractivity contribution >= 4 is 11.8 Å². The number of carbonyl (C=O) groups excluding carboxylic acids is 2. The number of rotatable bonds is 5. The van der Waals surface area contributed by atoms with Crippen LogP contribution in [0.5, 0.6) is 0 Å². The van der Waals surface area contributed by atoms with Gasteiger partial charge in [0.25, 0.3) is 0 Å². The molecule has 3 N–H and O–H groups in total. The standard InChI is InChI=1S/C16H24N2O2/c1-2-3-13(14(17)19)18-15(20)16-7-10-4-11(8-16)6-12(5-10)9-16/h2,10-13H,1,3-9H2,(H2,17,19)(H,18,20)/t10?,11?,12?,13-,16?/m1/s1. The third-order valence-corrected chi connectivity index (χ3v) is 5.57. The van der Waals surface area contributed by atoms with Crippen LogP contribution < -0.4 is 11.1 Å². The maximum atomic E-state index is 12.7. The van der Waals surface area contributed by atoms with Gasteiger partial charge in [0.2, 0.25) is 11.8 Å². The van der Waals surface area contributed by atoms with Crippen LogP contribution in [0.25, 0.3) is 0 Å². The van der Waals surface area contributed by atoms with Gasteiger partial charge < -0.3 is 11.1 Å². The topological polar surface area (TPSA) is 72.2 Å². The van der Waals surface area contributed by atoms with Crippen LogP contribution >= 0.6 is 0 Å². The lowest BCUT2D eigenvalue weighted by Gasteiger charge is -2.55. The van der Waals surface area contributed by atoms with Crippen molar-refractivity contribution in [1.29, 1.82) is 0 Å². The SMILES string of the molecule is C=CC[C@@H](NC(=O)C12CC3CC(CC(C3)C1)C2)C(N)=O. The molecule has 4 aliphatic rings. The first-order chi connectivity index (χ1) is 9.52. The third kappa shape index (κ3) is 2.25. The zero-order chi connectivity index (χ0) is 14.3. The average Bonchev–Trinajstić information content (AvgIpc) is 2.36. The van der Waals surface area contributed by atoms with E-state index in [-0.39, 0.29) is 11.3 Å². The van der Waals surface area contributed by atoms with Crippen LogP contribution in [0.2, 0.25) is 0 Å². The molecule has 0 spiro atoms. The highest BCUT2D eigenvalue weighted by molar-refractivity contribution is 5.89. The van der Waals surface area contributed by atoms with E-state index in [1.807, 2.05) is 0 Å². The number of carbonyl (C=O) groups is 2. The Morgan fingerprint density at radius 2 is 1.70 bits per heavy atom. The molecule has 0 saturated heterocycles. The highest BCUT2D eigenvalue weighted by Crippen LogP contribution is 2.60. The van der Waals surface area contributed by atoms with Crippen LogP contribution in [0.3, 0.4) is 0 Å². The Balaban J connectivity index is 1.73. The van der Waals surface area contributed by atoms with Gasteiger partial charge in [0, 0.05) is 5.41 Å². The number of nitrogens with one attached hydrogen (secondary N) is 1. The summed E-state index contributed by atoms with van der Waals surface area (Å²) in [6, 6.07) is -0.604. The molecule has 110 valence electrons. The molecule has 4 bridgehead atoms. The summed E-state index contributed by atoms with van der Waals surface area (Å²) in [7, 11) is 0. The molecule has 0 aromatic carbocycles. The number of hydrogen-bond acceptors (Lipinski definition) is 2. The summed E-state index contributed by atoms with van der Waals surface area (Å²) >= 11 is 0. The van der Waals surface area contributed by atoms with E-state index in [1.165, 1.54) is 19.3 Å². The summed E-state index contributed by atoms with van der Waals surface area (Å²) in [6.07, 6.45) is 8.97. The number of primary amides is 1. The molecule has 4 fully saturated rings. The summed E-state index contributed by atoms with van der Waals surface area (Å²) in [6.45, 7) is 3.62. The molecule has 0 unspecified atom stereocenters. The van der Waals surface area contributed by atoms with Crippen LogP contribution in [0.4, 0.5) is 0 Å². The maximum Gasteiger partial charge on any atom is 0.240 e. The Morgan fingerprint density at radius 3 is 2.10 bits per heavy atom. The summed E-state index contributed by atoms with van der Waals surface area (Å²) in [5.74, 6) is 1.75. The average molecular weight is 276 g/mol. The smallest absolute Gasteiger partial charge is 0.240 e. The van der Waals surface area contributed by atoms with Crippen molar-refractivity contribution < 1.29 is 9.59 Å². The molecule has 2 amide bonds.